The van der Waals surface area contributed by atoms with Gasteiger partial charge >= 0.3 is 0 Å². The summed E-state index contributed by atoms with van der Waals surface area (Å²) in [5, 5.41) is 0. The highest BCUT2D eigenvalue weighted by Gasteiger charge is 2.17. The van der Waals surface area contributed by atoms with E-state index in [1.54, 1.807) is 18.3 Å². The standard InChI is InChI=1S/C9H14N2O2S3/c1-6-3-4-8(15-6)7(2)11-16(12,13)5-9(10)14/h3-4,7,11H,5H2,1-2H3,(H2,10,14). The second-order valence-electron chi connectivity index (χ2n) is 3.51. The first-order valence-electron chi connectivity index (χ1n) is 4.65. The molecule has 16 heavy (non-hydrogen) atoms. The molecule has 0 aliphatic carbocycles. The summed E-state index contributed by atoms with van der Waals surface area (Å²) in [5.41, 5.74) is 5.21. The van der Waals surface area contributed by atoms with Gasteiger partial charge in [-0.05, 0) is 26.0 Å². The first-order valence-corrected chi connectivity index (χ1v) is 7.52. The van der Waals surface area contributed by atoms with Crippen LogP contribution in [0.4, 0.5) is 0 Å². The fourth-order valence-electron chi connectivity index (χ4n) is 1.24. The Kier molecular flexibility index (Phi) is 4.43. The molecular weight excluding hydrogens is 264 g/mol. The van der Waals surface area contributed by atoms with Gasteiger partial charge in [0.1, 0.15) is 5.75 Å². The number of rotatable bonds is 5. The van der Waals surface area contributed by atoms with Crippen LogP contribution in [-0.2, 0) is 10.0 Å². The molecule has 0 saturated heterocycles. The molecule has 1 aromatic heterocycles. The molecule has 0 fully saturated rings. The SMILES string of the molecule is Cc1ccc(C(C)NS(=O)(=O)CC(N)=S)s1. The summed E-state index contributed by atoms with van der Waals surface area (Å²) in [6.45, 7) is 3.77. The number of nitrogens with one attached hydrogen (secondary N) is 1. The van der Waals surface area contributed by atoms with Crippen molar-refractivity contribution in [2.45, 2.75) is 19.9 Å². The Balaban J connectivity index is 2.71. The predicted octanol–water partition coefficient (Wildman–Crippen LogP) is 1.32. The third-order valence-electron chi connectivity index (χ3n) is 1.88. The molecule has 1 aromatic rings. The van der Waals surface area contributed by atoms with E-state index in [9.17, 15) is 8.42 Å². The molecule has 0 bridgehead atoms. The Morgan fingerprint density at radius 3 is 2.69 bits per heavy atom. The molecule has 0 aliphatic rings. The van der Waals surface area contributed by atoms with Crippen molar-refractivity contribution in [2.24, 2.45) is 5.73 Å². The zero-order chi connectivity index (χ0) is 12.3. The quantitative estimate of drug-likeness (QED) is 0.797. The third-order valence-corrected chi connectivity index (χ3v) is 4.79. The van der Waals surface area contributed by atoms with Crippen LogP contribution in [0.2, 0.25) is 0 Å². The highest BCUT2D eigenvalue weighted by atomic mass is 32.2. The molecule has 1 unspecified atom stereocenters. The maximum atomic E-state index is 11.6. The molecule has 0 amide bonds. The number of nitrogens with two attached hydrogens (primary N) is 1. The molecule has 1 rings (SSSR count). The van der Waals surface area contributed by atoms with E-state index in [-0.39, 0.29) is 16.8 Å². The fraction of sp³-hybridized carbons (Fsp3) is 0.444. The van der Waals surface area contributed by atoms with Gasteiger partial charge < -0.3 is 5.73 Å². The van der Waals surface area contributed by atoms with Crippen molar-refractivity contribution < 1.29 is 8.42 Å². The predicted molar refractivity (Wildman–Crippen MR) is 71.2 cm³/mol. The minimum atomic E-state index is -3.43. The van der Waals surface area contributed by atoms with Gasteiger partial charge in [0.2, 0.25) is 10.0 Å². The van der Waals surface area contributed by atoms with Gasteiger partial charge in [-0.25, -0.2) is 13.1 Å². The fourth-order valence-corrected chi connectivity index (χ4v) is 3.79. The number of sulfonamides is 1. The van der Waals surface area contributed by atoms with Crippen LogP contribution in [0, 0.1) is 6.92 Å². The largest absolute Gasteiger partial charge is 0.392 e. The summed E-state index contributed by atoms with van der Waals surface area (Å²) >= 11 is 6.14. The average Bonchev–Trinajstić information content (AvgIpc) is 2.47. The highest BCUT2D eigenvalue weighted by Crippen LogP contribution is 2.22. The number of aryl methyl sites for hydroxylation is 1. The topological polar surface area (TPSA) is 72.2 Å². The van der Waals surface area contributed by atoms with Crippen molar-refractivity contribution in [3.63, 3.8) is 0 Å². The number of thiophene rings is 1. The van der Waals surface area contributed by atoms with Crippen molar-refractivity contribution in [2.75, 3.05) is 5.75 Å². The molecule has 7 heteroatoms. The minimum Gasteiger partial charge on any atom is -0.392 e. The van der Waals surface area contributed by atoms with Gasteiger partial charge in [0, 0.05) is 9.75 Å². The van der Waals surface area contributed by atoms with Crippen molar-refractivity contribution in [1.29, 1.82) is 0 Å². The lowest BCUT2D eigenvalue weighted by Gasteiger charge is -2.12. The van der Waals surface area contributed by atoms with Crippen molar-refractivity contribution >= 4 is 38.6 Å². The maximum Gasteiger partial charge on any atom is 0.218 e. The van der Waals surface area contributed by atoms with E-state index in [0.717, 1.165) is 9.75 Å². The average molecular weight is 278 g/mol. The summed E-state index contributed by atoms with van der Waals surface area (Å²) in [6.07, 6.45) is 0. The van der Waals surface area contributed by atoms with Gasteiger partial charge in [0.25, 0.3) is 0 Å². The Bertz CT molecular complexity index is 479. The monoisotopic (exact) mass is 278 g/mol. The Morgan fingerprint density at radius 1 is 1.62 bits per heavy atom. The van der Waals surface area contributed by atoms with Crippen LogP contribution in [0.25, 0.3) is 0 Å². The van der Waals surface area contributed by atoms with E-state index in [2.05, 4.69) is 16.9 Å². The van der Waals surface area contributed by atoms with Crippen LogP contribution in [0.3, 0.4) is 0 Å². The Labute approximate surface area is 105 Å². The number of thiocarbonyl (C=S) groups is 1. The molecular formula is C9H14N2O2S3. The first-order chi connectivity index (χ1) is 7.30. The summed E-state index contributed by atoms with van der Waals surface area (Å²) in [7, 11) is -3.43. The van der Waals surface area contributed by atoms with Gasteiger partial charge in [-0.15, -0.1) is 11.3 Å². The van der Waals surface area contributed by atoms with Crippen molar-refractivity contribution in [3.05, 3.63) is 21.9 Å². The molecule has 4 nitrogen and oxygen atoms in total. The second kappa shape index (κ2) is 5.22. The van der Waals surface area contributed by atoms with E-state index in [4.69, 9.17) is 5.73 Å². The normalized spacial score (nSPS) is 13.6. The van der Waals surface area contributed by atoms with Gasteiger partial charge in [-0.1, -0.05) is 12.2 Å². The third kappa shape index (κ3) is 4.17. The highest BCUT2D eigenvalue weighted by molar-refractivity contribution is 7.92. The lowest BCUT2D eigenvalue weighted by atomic mass is 10.3. The van der Waals surface area contributed by atoms with Gasteiger partial charge in [-0.3, -0.25) is 0 Å². The number of hydrogen-bond acceptors (Lipinski definition) is 4. The second-order valence-corrected chi connectivity index (χ2v) is 7.11. The maximum absolute atomic E-state index is 11.6. The molecule has 0 saturated carbocycles. The van der Waals surface area contributed by atoms with E-state index < -0.39 is 10.0 Å². The Morgan fingerprint density at radius 2 is 2.25 bits per heavy atom. The molecule has 0 aliphatic heterocycles. The van der Waals surface area contributed by atoms with Gasteiger partial charge in [-0.2, -0.15) is 0 Å². The van der Waals surface area contributed by atoms with Gasteiger partial charge in [0.05, 0.1) is 11.0 Å². The summed E-state index contributed by atoms with van der Waals surface area (Å²) in [4.78, 5) is 2.10. The zero-order valence-corrected chi connectivity index (χ0v) is 11.5. The van der Waals surface area contributed by atoms with Crippen molar-refractivity contribution in [1.82, 2.24) is 4.72 Å². The van der Waals surface area contributed by atoms with E-state index in [1.165, 1.54) is 0 Å². The Hall–Kier alpha value is -0.500. The molecule has 0 spiro atoms. The zero-order valence-electron chi connectivity index (χ0n) is 9.06. The molecule has 1 heterocycles. The number of hydrogen-bond donors (Lipinski definition) is 2. The van der Waals surface area contributed by atoms with Gasteiger partial charge in [0.15, 0.2) is 0 Å². The smallest absolute Gasteiger partial charge is 0.218 e. The van der Waals surface area contributed by atoms with E-state index in [1.807, 2.05) is 19.1 Å². The van der Waals surface area contributed by atoms with Crippen LogP contribution in [0.1, 0.15) is 22.7 Å². The van der Waals surface area contributed by atoms with Crippen LogP contribution < -0.4 is 10.5 Å². The molecule has 1 atom stereocenters. The molecule has 0 radical (unpaired) electrons. The van der Waals surface area contributed by atoms with Crippen molar-refractivity contribution in [3.8, 4) is 0 Å². The van der Waals surface area contributed by atoms with Crippen LogP contribution in [-0.4, -0.2) is 19.2 Å². The van der Waals surface area contributed by atoms with Crippen LogP contribution >= 0.6 is 23.6 Å². The summed E-state index contributed by atoms with van der Waals surface area (Å²) in [5.74, 6) is -0.309. The van der Waals surface area contributed by atoms with Crippen LogP contribution in [0.5, 0.6) is 0 Å². The van der Waals surface area contributed by atoms with Crippen LogP contribution in [0.15, 0.2) is 12.1 Å². The molecule has 3 N–H and O–H groups in total. The lowest BCUT2D eigenvalue weighted by molar-refractivity contribution is 0.572. The first kappa shape index (κ1) is 13.6. The van der Waals surface area contributed by atoms with E-state index in [0.29, 0.717) is 0 Å². The lowest BCUT2D eigenvalue weighted by Crippen LogP contribution is -2.33. The summed E-state index contributed by atoms with van der Waals surface area (Å²) < 4.78 is 25.6. The summed E-state index contributed by atoms with van der Waals surface area (Å²) in [6, 6.07) is 3.62. The van der Waals surface area contributed by atoms with E-state index >= 15 is 0 Å². The minimum absolute atomic E-state index is 0.0259. The molecule has 0 aromatic carbocycles. The molecule has 90 valence electrons.